The first-order valence-electron chi connectivity index (χ1n) is 4.62. The molecule has 0 bridgehead atoms. The van der Waals surface area contributed by atoms with Gasteiger partial charge in [-0.1, -0.05) is 44.8 Å². The lowest BCUT2D eigenvalue weighted by Gasteiger charge is -1.95. The molecule has 0 aromatic rings. The summed E-state index contributed by atoms with van der Waals surface area (Å²) in [5.74, 6) is 0. The van der Waals surface area contributed by atoms with Gasteiger partial charge in [-0.3, -0.25) is 0 Å². The molecule has 0 radical (unpaired) electrons. The Morgan fingerprint density at radius 3 is 2.36 bits per heavy atom. The van der Waals surface area contributed by atoms with E-state index in [9.17, 15) is 4.39 Å². The molecule has 0 saturated carbocycles. The molecule has 0 fully saturated rings. The maximum Gasteiger partial charge on any atom is 0.108 e. The standard InChI is InChI=1S/C10H19F/c1-2-3-4-5-6-7-8-9-10-11/h8-9H,2-7,10H2,1H3/b9-8+. The molecule has 0 aliphatic heterocycles. The van der Waals surface area contributed by atoms with E-state index in [1.165, 1.54) is 32.1 Å². The van der Waals surface area contributed by atoms with Crippen LogP contribution in [0, 0.1) is 0 Å². The van der Waals surface area contributed by atoms with Gasteiger partial charge in [0.05, 0.1) is 0 Å². The maximum atomic E-state index is 11.5. The van der Waals surface area contributed by atoms with E-state index in [1.807, 2.05) is 6.08 Å². The van der Waals surface area contributed by atoms with Gasteiger partial charge in [0, 0.05) is 0 Å². The first-order chi connectivity index (χ1) is 5.41. The number of hydrogen-bond acceptors (Lipinski definition) is 0. The highest BCUT2D eigenvalue weighted by Gasteiger charge is 1.85. The summed E-state index contributed by atoms with van der Waals surface area (Å²) >= 11 is 0. The third-order valence-corrected chi connectivity index (χ3v) is 1.73. The Hall–Kier alpha value is -0.330. The summed E-state index contributed by atoms with van der Waals surface area (Å²) in [6.45, 7) is 1.90. The highest BCUT2D eigenvalue weighted by Crippen LogP contribution is 2.04. The van der Waals surface area contributed by atoms with Gasteiger partial charge in [0.25, 0.3) is 0 Å². The van der Waals surface area contributed by atoms with Crippen molar-refractivity contribution >= 4 is 0 Å². The molecule has 66 valence electrons. The van der Waals surface area contributed by atoms with Crippen LogP contribution in [-0.2, 0) is 0 Å². The minimum absolute atomic E-state index is 0.311. The Morgan fingerprint density at radius 1 is 1.00 bits per heavy atom. The SMILES string of the molecule is CCCCCCC/C=C/CF. The van der Waals surface area contributed by atoms with Crippen molar-refractivity contribution in [1.82, 2.24) is 0 Å². The molecule has 0 heterocycles. The van der Waals surface area contributed by atoms with Crippen LogP contribution in [0.1, 0.15) is 45.4 Å². The van der Waals surface area contributed by atoms with Gasteiger partial charge in [-0.2, -0.15) is 0 Å². The lowest BCUT2D eigenvalue weighted by molar-refractivity contribution is 0.560. The summed E-state index contributed by atoms with van der Waals surface area (Å²) in [5, 5.41) is 0. The van der Waals surface area contributed by atoms with E-state index in [0.29, 0.717) is 0 Å². The second-order valence-electron chi connectivity index (χ2n) is 2.83. The molecule has 0 aromatic heterocycles. The van der Waals surface area contributed by atoms with E-state index in [-0.39, 0.29) is 6.67 Å². The molecule has 0 unspecified atom stereocenters. The summed E-state index contributed by atoms with van der Waals surface area (Å²) in [5.41, 5.74) is 0. The van der Waals surface area contributed by atoms with Crippen molar-refractivity contribution in [2.45, 2.75) is 45.4 Å². The maximum absolute atomic E-state index is 11.5. The Labute approximate surface area is 69.5 Å². The van der Waals surface area contributed by atoms with E-state index in [0.717, 1.165) is 6.42 Å². The summed E-state index contributed by atoms with van der Waals surface area (Å²) in [6, 6.07) is 0. The van der Waals surface area contributed by atoms with Crippen LogP contribution < -0.4 is 0 Å². The fourth-order valence-corrected chi connectivity index (χ4v) is 1.05. The lowest BCUT2D eigenvalue weighted by Crippen LogP contribution is -1.75. The summed E-state index contributed by atoms with van der Waals surface area (Å²) in [7, 11) is 0. The third kappa shape index (κ3) is 9.67. The van der Waals surface area contributed by atoms with Gasteiger partial charge >= 0.3 is 0 Å². The first kappa shape index (κ1) is 10.7. The Balaban J connectivity index is 2.85. The van der Waals surface area contributed by atoms with Crippen molar-refractivity contribution < 1.29 is 4.39 Å². The van der Waals surface area contributed by atoms with Gasteiger partial charge < -0.3 is 0 Å². The van der Waals surface area contributed by atoms with Crippen molar-refractivity contribution in [3.8, 4) is 0 Å². The van der Waals surface area contributed by atoms with Gasteiger partial charge in [-0.25, -0.2) is 4.39 Å². The summed E-state index contributed by atoms with van der Waals surface area (Å²) < 4.78 is 11.5. The number of unbranched alkanes of at least 4 members (excludes halogenated alkanes) is 5. The van der Waals surface area contributed by atoms with Crippen molar-refractivity contribution in [2.24, 2.45) is 0 Å². The lowest BCUT2D eigenvalue weighted by atomic mass is 10.1. The molecule has 0 aromatic carbocycles. The Kier molecular flexibility index (Phi) is 9.38. The highest BCUT2D eigenvalue weighted by atomic mass is 19.1. The molecule has 0 spiro atoms. The molecular formula is C10H19F. The van der Waals surface area contributed by atoms with Crippen molar-refractivity contribution in [3.63, 3.8) is 0 Å². The van der Waals surface area contributed by atoms with Gasteiger partial charge in [0.1, 0.15) is 6.67 Å². The van der Waals surface area contributed by atoms with E-state index in [2.05, 4.69) is 6.92 Å². The normalized spacial score (nSPS) is 11.1. The van der Waals surface area contributed by atoms with E-state index < -0.39 is 0 Å². The zero-order valence-electron chi connectivity index (χ0n) is 7.48. The average Bonchev–Trinajstić information content (AvgIpc) is 2.03. The topological polar surface area (TPSA) is 0 Å². The third-order valence-electron chi connectivity index (χ3n) is 1.73. The van der Waals surface area contributed by atoms with Crippen LogP contribution in [0.15, 0.2) is 12.2 Å². The van der Waals surface area contributed by atoms with Crippen molar-refractivity contribution in [1.29, 1.82) is 0 Å². The smallest absolute Gasteiger partial charge is 0.108 e. The van der Waals surface area contributed by atoms with Crippen LogP contribution in [0.25, 0.3) is 0 Å². The number of halogens is 1. The van der Waals surface area contributed by atoms with E-state index in [1.54, 1.807) is 6.08 Å². The van der Waals surface area contributed by atoms with Gasteiger partial charge in [0.15, 0.2) is 0 Å². The Bertz CT molecular complexity index is 86.9. The minimum atomic E-state index is -0.311. The summed E-state index contributed by atoms with van der Waals surface area (Å²) in [6.07, 6.45) is 11.1. The van der Waals surface area contributed by atoms with E-state index >= 15 is 0 Å². The molecule has 0 saturated heterocycles. The number of rotatable bonds is 7. The molecule has 1 heteroatoms. The number of allylic oxidation sites excluding steroid dienone is 2. The van der Waals surface area contributed by atoms with Gasteiger partial charge in [-0.05, 0) is 12.8 Å². The monoisotopic (exact) mass is 158 g/mol. The van der Waals surface area contributed by atoms with Gasteiger partial charge in [-0.15, -0.1) is 0 Å². The second kappa shape index (κ2) is 9.67. The van der Waals surface area contributed by atoms with Crippen LogP contribution in [-0.4, -0.2) is 6.67 Å². The molecule has 0 aliphatic rings. The zero-order valence-corrected chi connectivity index (χ0v) is 7.48. The molecule has 11 heavy (non-hydrogen) atoms. The largest absolute Gasteiger partial charge is 0.247 e. The predicted molar refractivity (Wildman–Crippen MR) is 48.5 cm³/mol. The Morgan fingerprint density at radius 2 is 1.73 bits per heavy atom. The summed E-state index contributed by atoms with van der Waals surface area (Å²) in [4.78, 5) is 0. The van der Waals surface area contributed by atoms with Crippen molar-refractivity contribution in [2.75, 3.05) is 6.67 Å². The average molecular weight is 158 g/mol. The second-order valence-corrected chi connectivity index (χ2v) is 2.83. The quantitative estimate of drug-likeness (QED) is 0.389. The van der Waals surface area contributed by atoms with Crippen LogP contribution in [0.5, 0.6) is 0 Å². The number of hydrogen-bond donors (Lipinski definition) is 0. The first-order valence-corrected chi connectivity index (χ1v) is 4.62. The molecule has 0 nitrogen and oxygen atoms in total. The van der Waals surface area contributed by atoms with Crippen LogP contribution >= 0.6 is 0 Å². The van der Waals surface area contributed by atoms with Crippen molar-refractivity contribution in [3.05, 3.63) is 12.2 Å². The molecule has 0 atom stereocenters. The minimum Gasteiger partial charge on any atom is -0.247 e. The fraction of sp³-hybridized carbons (Fsp3) is 0.800. The highest BCUT2D eigenvalue weighted by molar-refractivity contribution is 4.80. The van der Waals surface area contributed by atoms with Crippen LogP contribution in [0.4, 0.5) is 4.39 Å². The molecule has 0 amide bonds. The molecule has 0 rings (SSSR count). The zero-order chi connectivity index (χ0) is 8.36. The molecule has 0 aliphatic carbocycles. The van der Waals surface area contributed by atoms with Crippen LogP contribution in [0.3, 0.4) is 0 Å². The molecular weight excluding hydrogens is 139 g/mol. The van der Waals surface area contributed by atoms with Crippen LogP contribution in [0.2, 0.25) is 0 Å². The predicted octanol–water partition coefficient (Wildman–Crippen LogP) is 3.87. The van der Waals surface area contributed by atoms with E-state index in [4.69, 9.17) is 0 Å². The fourth-order valence-electron chi connectivity index (χ4n) is 1.05. The molecule has 0 N–H and O–H groups in total. The van der Waals surface area contributed by atoms with Gasteiger partial charge in [0.2, 0.25) is 0 Å². The number of alkyl halides is 1.